The van der Waals surface area contributed by atoms with Crippen LogP contribution in [0.3, 0.4) is 0 Å². The average molecular weight is 875 g/mol. The number of aliphatic hydroxyl groups is 2. The third-order valence-electron chi connectivity index (χ3n) is 9.69. The second-order valence-corrected chi connectivity index (χ2v) is 15.6. The van der Waals surface area contributed by atoms with Crippen molar-refractivity contribution in [2.24, 2.45) is 0 Å². The lowest BCUT2D eigenvalue weighted by Gasteiger charge is -2.19. The van der Waals surface area contributed by atoms with E-state index in [1.807, 2.05) is 56.3 Å². The van der Waals surface area contributed by atoms with Gasteiger partial charge in [-0.1, -0.05) is 71.9 Å². The standard InChI is InChI=1S/C45H45ClF2N4O8S/c1-26-32(25-60-41-16-40(59-24-29-11-28(17-49)18-50-19-29)33(12-39(41)46)21-52-23-35(54)15-44(57)58)5-3-7-37(26)38-8-4-6-36(27(38)2)30-9-10-31(42(13-30)61-45(47)48)20-51-22-34(53)14-43(55)56/h3-13,16,18-19,34-35,45,51-54H,14-15,20-25H2,1-2H3,(H,55,56)(H,57,58)/t34-,35-/m0/s1. The van der Waals surface area contributed by atoms with Crippen LogP contribution < -0.4 is 20.1 Å². The van der Waals surface area contributed by atoms with Crippen molar-refractivity contribution in [2.75, 3.05) is 13.1 Å². The number of aliphatic hydroxyl groups excluding tert-OH is 2. The maximum atomic E-state index is 13.7. The molecule has 5 aromatic rings. The lowest BCUT2D eigenvalue weighted by atomic mass is 9.89. The molecule has 16 heteroatoms. The van der Waals surface area contributed by atoms with E-state index in [4.69, 9.17) is 31.3 Å². The number of aromatic nitrogens is 1. The lowest BCUT2D eigenvalue weighted by molar-refractivity contribution is -0.140. The highest BCUT2D eigenvalue weighted by molar-refractivity contribution is 7.99. The molecule has 0 aliphatic rings. The van der Waals surface area contributed by atoms with Gasteiger partial charge in [0.05, 0.1) is 35.6 Å². The molecule has 0 saturated heterocycles. The molecule has 5 rings (SSSR count). The Balaban J connectivity index is 1.37. The van der Waals surface area contributed by atoms with E-state index in [0.717, 1.165) is 38.9 Å². The van der Waals surface area contributed by atoms with Gasteiger partial charge in [0.1, 0.15) is 30.8 Å². The number of benzene rings is 4. The van der Waals surface area contributed by atoms with Gasteiger partial charge in [0.25, 0.3) is 5.76 Å². The Kier molecular flexibility index (Phi) is 17.0. The van der Waals surface area contributed by atoms with Crippen LogP contribution in [0.15, 0.2) is 90.1 Å². The van der Waals surface area contributed by atoms with Crippen LogP contribution in [0.4, 0.5) is 8.78 Å². The van der Waals surface area contributed by atoms with Crippen LogP contribution in [0.25, 0.3) is 22.3 Å². The predicted octanol–water partition coefficient (Wildman–Crippen LogP) is 7.88. The molecule has 1 heterocycles. The number of aliphatic carboxylic acids is 2. The smallest absolute Gasteiger partial charge is 0.306 e. The van der Waals surface area contributed by atoms with Crippen molar-refractivity contribution in [3.05, 3.63) is 129 Å². The zero-order chi connectivity index (χ0) is 44.1. The Hall–Kier alpha value is -5.60. The largest absolute Gasteiger partial charge is 0.488 e. The highest BCUT2D eigenvalue weighted by Crippen LogP contribution is 2.39. The molecule has 0 aliphatic heterocycles. The Morgan fingerprint density at radius 3 is 2.07 bits per heavy atom. The molecule has 1 aromatic heterocycles. The number of thioether (sulfide) groups is 1. The molecule has 4 aromatic carbocycles. The maximum Gasteiger partial charge on any atom is 0.306 e. The Labute approximate surface area is 361 Å². The number of carboxylic acid groups (broad SMARTS) is 2. The Morgan fingerprint density at radius 2 is 1.41 bits per heavy atom. The number of ether oxygens (including phenoxy) is 2. The number of alkyl halides is 2. The van der Waals surface area contributed by atoms with E-state index in [1.54, 1.807) is 36.5 Å². The minimum absolute atomic E-state index is 0.00628. The van der Waals surface area contributed by atoms with Gasteiger partial charge in [-0.25, -0.2) is 0 Å². The van der Waals surface area contributed by atoms with Crippen molar-refractivity contribution in [3.63, 3.8) is 0 Å². The van der Waals surface area contributed by atoms with Gasteiger partial charge in [0, 0.05) is 60.7 Å². The predicted molar refractivity (Wildman–Crippen MR) is 228 cm³/mol. The molecule has 0 aliphatic carbocycles. The molecule has 12 nitrogen and oxygen atoms in total. The van der Waals surface area contributed by atoms with E-state index in [1.165, 1.54) is 6.20 Å². The third-order valence-corrected chi connectivity index (χ3v) is 10.8. The normalized spacial score (nSPS) is 12.2. The number of carboxylic acids is 2. The van der Waals surface area contributed by atoms with Crippen LogP contribution in [0.1, 0.15) is 51.8 Å². The number of nitriles is 1. The fourth-order valence-electron chi connectivity index (χ4n) is 6.64. The van der Waals surface area contributed by atoms with Gasteiger partial charge in [-0.2, -0.15) is 14.0 Å². The molecule has 6 N–H and O–H groups in total. The average Bonchev–Trinajstić information content (AvgIpc) is 3.20. The van der Waals surface area contributed by atoms with Gasteiger partial charge in [-0.15, -0.1) is 0 Å². The fourth-order valence-corrected chi connectivity index (χ4v) is 7.56. The molecule has 320 valence electrons. The van der Waals surface area contributed by atoms with Crippen LogP contribution in [-0.2, 0) is 35.9 Å². The first-order chi connectivity index (χ1) is 29.2. The highest BCUT2D eigenvalue weighted by atomic mass is 35.5. The Bertz CT molecular complexity index is 2380. The highest BCUT2D eigenvalue weighted by Gasteiger charge is 2.18. The number of halogens is 3. The molecule has 0 bridgehead atoms. The summed E-state index contributed by atoms with van der Waals surface area (Å²) in [6.07, 6.45) is -0.0240. The van der Waals surface area contributed by atoms with E-state index in [2.05, 4.69) is 21.7 Å². The zero-order valence-corrected chi connectivity index (χ0v) is 34.9. The number of nitrogens with zero attached hydrogens (tertiary/aromatic N) is 2. The summed E-state index contributed by atoms with van der Waals surface area (Å²) in [5, 5.41) is 53.5. The molecular weight excluding hydrogens is 830 g/mol. The van der Waals surface area contributed by atoms with Crippen LogP contribution in [-0.4, -0.2) is 68.4 Å². The maximum absolute atomic E-state index is 13.7. The van der Waals surface area contributed by atoms with Crippen molar-refractivity contribution < 1.29 is 48.3 Å². The minimum atomic E-state index is -2.67. The van der Waals surface area contributed by atoms with Crippen molar-refractivity contribution in [1.82, 2.24) is 15.6 Å². The van der Waals surface area contributed by atoms with E-state index in [0.29, 0.717) is 55.4 Å². The van der Waals surface area contributed by atoms with Crippen molar-refractivity contribution in [3.8, 4) is 39.8 Å². The van der Waals surface area contributed by atoms with E-state index < -0.39 is 42.7 Å². The first-order valence-electron chi connectivity index (χ1n) is 19.1. The quantitative estimate of drug-likeness (QED) is 0.0368. The summed E-state index contributed by atoms with van der Waals surface area (Å²) in [5.74, 6) is -4.17. The van der Waals surface area contributed by atoms with Crippen LogP contribution >= 0.6 is 23.4 Å². The lowest BCUT2D eigenvalue weighted by Crippen LogP contribution is -2.28. The number of rotatable bonds is 22. The van der Waals surface area contributed by atoms with Crippen molar-refractivity contribution in [2.45, 2.75) is 75.9 Å². The molecular formula is C45H45ClF2N4O8S. The zero-order valence-electron chi connectivity index (χ0n) is 33.3. The van der Waals surface area contributed by atoms with E-state index in [-0.39, 0.29) is 39.4 Å². The molecule has 0 radical (unpaired) electrons. The number of nitrogens with one attached hydrogen (secondary N) is 2. The van der Waals surface area contributed by atoms with Gasteiger partial charge in [-0.05, 0) is 76.6 Å². The molecule has 0 fully saturated rings. The van der Waals surface area contributed by atoms with E-state index in [9.17, 15) is 33.8 Å². The molecule has 0 unspecified atom stereocenters. The minimum Gasteiger partial charge on any atom is -0.488 e. The summed E-state index contributed by atoms with van der Waals surface area (Å²) >= 11 is 7.17. The first kappa shape index (κ1) is 46.5. The summed E-state index contributed by atoms with van der Waals surface area (Å²) in [6, 6.07) is 24.1. The molecule has 61 heavy (non-hydrogen) atoms. The van der Waals surface area contributed by atoms with Crippen LogP contribution in [0, 0.1) is 25.2 Å². The molecule has 0 saturated carbocycles. The fraction of sp³-hybridized carbons (Fsp3) is 0.289. The number of hydrogen-bond donors (Lipinski definition) is 6. The monoisotopic (exact) mass is 874 g/mol. The number of hydrogen-bond acceptors (Lipinski definition) is 11. The summed E-state index contributed by atoms with van der Waals surface area (Å²) in [6.45, 7) is 4.54. The second kappa shape index (κ2) is 22.3. The first-order valence-corrected chi connectivity index (χ1v) is 20.4. The topological polar surface area (TPSA) is 194 Å². The van der Waals surface area contributed by atoms with Crippen molar-refractivity contribution >= 4 is 35.3 Å². The summed E-state index contributed by atoms with van der Waals surface area (Å²) < 4.78 is 39.9. The number of carbonyl (C=O) groups is 2. The van der Waals surface area contributed by atoms with Gasteiger partial charge >= 0.3 is 11.9 Å². The third kappa shape index (κ3) is 13.4. The van der Waals surface area contributed by atoms with Crippen molar-refractivity contribution in [1.29, 1.82) is 5.26 Å². The van der Waals surface area contributed by atoms with Gasteiger partial charge in [0.15, 0.2) is 0 Å². The number of pyridine rings is 1. The summed E-state index contributed by atoms with van der Waals surface area (Å²) in [5.41, 5.74) is 8.47. The van der Waals surface area contributed by atoms with E-state index >= 15 is 0 Å². The molecule has 0 spiro atoms. The summed E-state index contributed by atoms with van der Waals surface area (Å²) in [4.78, 5) is 26.4. The SMILES string of the molecule is Cc1c(COc2cc(OCc3cncc(C#N)c3)c(CNC[C@@H](O)CC(=O)O)cc2Cl)cccc1-c1cccc(-c2ccc(CNC[C@@H](O)CC(=O)O)c(SC(F)F)c2)c1C. The van der Waals surface area contributed by atoms with Gasteiger partial charge in [0.2, 0.25) is 0 Å². The molecule has 2 atom stereocenters. The second-order valence-electron chi connectivity index (χ2n) is 14.2. The van der Waals surface area contributed by atoms with Crippen LogP contribution in [0.2, 0.25) is 5.02 Å². The van der Waals surface area contributed by atoms with Gasteiger partial charge < -0.3 is 40.5 Å². The Morgan fingerprint density at radius 1 is 0.787 bits per heavy atom. The molecule has 0 amide bonds. The summed E-state index contributed by atoms with van der Waals surface area (Å²) in [7, 11) is 0. The van der Waals surface area contributed by atoms with Crippen LogP contribution in [0.5, 0.6) is 11.5 Å². The van der Waals surface area contributed by atoms with Gasteiger partial charge in [-0.3, -0.25) is 14.6 Å².